The van der Waals surface area contributed by atoms with E-state index in [0.717, 1.165) is 11.4 Å². The number of nitrogens with two attached hydrogens (primary N) is 1. The molecule has 0 saturated heterocycles. The van der Waals surface area contributed by atoms with Crippen molar-refractivity contribution in [1.82, 2.24) is 0 Å². The summed E-state index contributed by atoms with van der Waals surface area (Å²) in [6, 6.07) is 10.2. The summed E-state index contributed by atoms with van der Waals surface area (Å²) >= 11 is 0. The number of hydrogen-bond donors (Lipinski definition) is 1. The summed E-state index contributed by atoms with van der Waals surface area (Å²) in [6.45, 7) is 6.87. The molecule has 1 aromatic rings. The number of aliphatic imine (C=N–C) groups is 1. The Morgan fingerprint density at radius 1 is 1.28 bits per heavy atom. The van der Waals surface area contributed by atoms with Crippen molar-refractivity contribution < 1.29 is 0 Å². The Labute approximate surface area is 110 Å². The van der Waals surface area contributed by atoms with Crippen LogP contribution in [0.15, 0.2) is 59.2 Å². The van der Waals surface area contributed by atoms with E-state index in [1.54, 1.807) is 0 Å². The van der Waals surface area contributed by atoms with Gasteiger partial charge < -0.3 is 5.73 Å². The minimum atomic E-state index is 0.329. The lowest BCUT2D eigenvalue weighted by Gasteiger charge is -2.10. The van der Waals surface area contributed by atoms with Crippen LogP contribution < -0.4 is 5.73 Å². The van der Waals surface area contributed by atoms with E-state index < -0.39 is 0 Å². The standard InChI is InChI=1S/C16H22N2/c1-4-5-11-15(17)16(13(2)3)18-12-14-9-7-6-8-10-14/h4-11,13H,12,17H2,1-3H3/b5-4-,15-11+,18-16?. The minimum absolute atomic E-state index is 0.329. The van der Waals surface area contributed by atoms with Crippen LogP contribution in [-0.4, -0.2) is 5.71 Å². The average Bonchev–Trinajstić information content (AvgIpc) is 2.37. The molecule has 1 aromatic carbocycles. The maximum absolute atomic E-state index is 6.05. The second-order valence-corrected chi connectivity index (χ2v) is 4.49. The average molecular weight is 242 g/mol. The van der Waals surface area contributed by atoms with Crippen LogP contribution in [0.1, 0.15) is 26.3 Å². The van der Waals surface area contributed by atoms with Gasteiger partial charge in [-0.25, -0.2) is 0 Å². The summed E-state index contributed by atoms with van der Waals surface area (Å²) in [7, 11) is 0. The van der Waals surface area contributed by atoms with Gasteiger partial charge in [-0.2, -0.15) is 0 Å². The van der Waals surface area contributed by atoms with E-state index in [1.807, 2.05) is 43.4 Å². The molecule has 2 heteroatoms. The molecule has 0 radical (unpaired) electrons. The summed E-state index contributed by atoms with van der Waals surface area (Å²) in [5.41, 5.74) is 8.97. The lowest BCUT2D eigenvalue weighted by atomic mass is 10.0. The summed E-state index contributed by atoms with van der Waals surface area (Å²) < 4.78 is 0. The molecule has 0 bridgehead atoms. The van der Waals surface area contributed by atoms with Crippen LogP contribution in [0.25, 0.3) is 0 Å². The van der Waals surface area contributed by atoms with Crippen molar-refractivity contribution in [3.05, 3.63) is 59.8 Å². The summed E-state index contributed by atoms with van der Waals surface area (Å²) in [6.07, 6.45) is 5.81. The number of allylic oxidation sites excluding steroid dienone is 4. The summed E-state index contributed by atoms with van der Waals surface area (Å²) in [5, 5.41) is 0. The molecule has 0 aromatic heterocycles. The predicted octanol–water partition coefficient (Wildman–Crippen LogP) is 3.70. The minimum Gasteiger partial charge on any atom is -0.397 e. The second kappa shape index (κ2) is 7.49. The second-order valence-electron chi connectivity index (χ2n) is 4.49. The molecule has 0 heterocycles. The Morgan fingerprint density at radius 2 is 1.94 bits per heavy atom. The first kappa shape index (κ1) is 14.2. The molecule has 1 rings (SSSR count). The molecule has 96 valence electrons. The van der Waals surface area contributed by atoms with Crippen LogP contribution in [-0.2, 0) is 6.54 Å². The van der Waals surface area contributed by atoms with Crippen molar-refractivity contribution in [1.29, 1.82) is 0 Å². The first-order valence-electron chi connectivity index (χ1n) is 6.32. The van der Waals surface area contributed by atoms with Crippen molar-refractivity contribution >= 4 is 5.71 Å². The third-order valence-electron chi connectivity index (χ3n) is 2.59. The van der Waals surface area contributed by atoms with Crippen LogP contribution in [0, 0.1) is 5.92 Å². The van der Waals surface area contributed by atoms with Gasteiger partial charge in [0.05, 0.1) is 18.0 Å². The topological polar surface area (TPSA) is 38.4 Å². The fourth-order valence-corrected chi connectivity index (χ4v) is 1.65. The van der Waals surface area contributed by atoms with Gasteiger partial charge in [0.1, 0.15) is 0 Å². The number of hydrogen-bond acceptors (Lipinski definition) is 2. The van der Waals surface area contributed by atoms with Crippen molar-refractivity contribution in [2.24, 2.45) is 16.6 Å². The van der Waals surface area contributed by atoms with E-state index in [4.69, 9.17) is 5.73 Å². The van der Waals surface area contributed by atoms with Crippen LogP contribution >= 0.6 is 0 Å². The number of nitrogens with zero attached hydrogens (tertiary/aromatic N) is 1. The molecule has 2 N–H and O–H groups in total. The van der Waals surface area contributed by atoms with Gasteiger partial charge in [-0.1, -0.05) is 56.3 Å². The quantitative estimate of drug-likeness (QED) is 0.620. The van der Waals surface area contributed by atoms with Crippen molar-refractivity contribution in [3.63, 3.8) is 0 Å². The normalized spacial score (nSPS) is 13.6. The van der Waals surface area contributed by atoms with Gasteiger partial charge in [-0.15, -0.1) is 0 Å². The molecule has 0 unspecified atom stereocenters. The highest BCUT2D eigenvalue weighted by Gasteiger charge is 2.07. The van der Waals surface area contributed by atoms with Crippen molar-refractivity contribution in [3.8, 4) is 0 Å². The first-order valence-corrected chi connectivity index (χ1v) is 6.32. The summed E-state index contributed by atoms with van der Waals surface area (Å²) in [5.74, 6) is 0.329. The largest absolute Gasteiger partial charge is 0.397 e. The maximum atomic E-state index is 6.05. The molecule has 0 saturated carbocycles. The zero-order chi connectivity index (χ0) is 13.4. The zero-order valence-electron chi connectivity index (χ0n) is 11.4. The van der Waals surface area contributed by atoms with Gasteiger partial charge >= 0.3 is 0 Å². The fraction of sp³-hybridized carbons (Fsp3) is 0.312. The van der Waals surface area contributed by atoms with Crippen LogP contribution in [0.2, 0.25) is 0 Å². The van der Waals surface area contributed by atoms with E-state index in [-0.39, 0.29) is 0 Å². The van der Waals surface area contributed by atoms with Gasteiger partial charge in [0.25, 0.3) is 0 Å². The number of benzene rings is 1. The Kier molecular flexibility index (Phi) is 5.92. The van der Waals surface area contributed by atoms with E-state index in [0.29, 0.717) is 12.5 Å². The lowest BCUT2D eigenvalue weighted by molar-refractivity contribution is 0.862. The molecule has 0 spiro atoms. The maximum Gasteiger partial charge on any atom is 0.0644 e. The fourth-order valence-electron chi connectivity index (χ4n) is 1.65. The SMILES string of the molecule is C/C=C\C=C(\N)C(=NCc1ccccc1)C(C)C. The lowest BCUT2D eigenvalue weighted by Crippen LogP contribution is -2.17. The smallest absolute Gasteiger partial charge is 0.0644 e. The molecular weight excluding hydrogens is 220 g/mol. The number of rotatable bonds is 5. The van der Waals surface area contributed by atoms with Crippen LogP contribution in [0.5, 0.6) is 0 Å². The van der Waals surface area contributed by atoms with Crippen LogP contribution in [0.3, 0.4) is 0 Å². The third-order valence-corrected chi connectivity index (χ3v) is 2.59. The van der Waals surface area contributed by atoms with Crippen molar-refractivity contribution in [2.45, 2.75) is 27.3 Å². The first-order chi connectivity index (χ1) is 8.65. The molecule has 0 aliphatic rings. The molecular formula is C16H22N2. The monoisotopic (exact) mass is 242 g/mol. The van der Waals surface area contributed by atoms with Crippen LogP contribution in [0.4, 0.5) is 0 Å². The van der Waals surface area contributed by atoms with Gasteiger partial charge in [0, 0.05) is 0 Å². The van der Waals surface area contributed by atoms with Gasteiger partial charge in [-0.05, 0) is 24.5 Å². The highest BCUT2D eigenvalue weighted by molar-refractivity contribution is 6.00. The third kappa shape index (κ3) is 4.58. The Hall–Kier alpha value is -1.83. The summed E-state index contributed by atoms with van der Waals surface area (Å²) in [4.78, 5) is 4.64. The zero-order valence-corrected chi connectivity index (χ0v) is 11.4. The van der Waals surface area contributed by atoms with E-state index >= 15 is 0 Å². The Balaban J connectivity index is 2.85. The molecule has 0 aliphatic heterocycles. The molecule has 2 nitrogen and oxygen atoms in total. The van der Waals surface area contributed by atoms with Crippen molar-refractivity contribution in [2.75, 3.05) is 0 Å². The van der Waals surface area contributed by atoms with Gasteiger partial charge in [-0.3, -0.25) is 4.99 Å². The van der Waals surface area contributed by atoms with Gasteiger partial charge in [0.2, 0.25) is 0 Å². The van der Waals surface area contributed by atoms with E-state index in [2.05, 4.69) is 31.0 Å². The molecule has 0 fully saturated rings. The molecule has 18 heavy (non-hydrogen) atoms. The molecule has 0 aliphatic carbocycles. The van der Waals surface area contributed by atoms with Gasteiger partial charge in [0.15, 0.2) is 0 Å². The predicted molar refractivity (Wildman–Crippen MR) is 79.5 cm³/mol. The Bertz CT molecular complexity index is 439. The molecule has 0 amide bonds. The highest BCUT2D eigenvalue weighted by Crippen LogP contribution is 2.08. The Morgan fingerprint density at radius 3 is 2.50 bits per heavy atom. The van der Waals surface area contributed by atoms with E-state index in [9.17, 15) is 0 Å². The van der Waals surface area contributed by atoms with E-state index in [1.165, 1.54) is 5.56 Å². The molecule has 0 atom stereocenters. The highest BCUT2D eigenvalue weighted by atomic mass is 14.8.